The van der Waals surface area contributed by atoms with Gasteiger partial charge in [-0.3, -0.25) is 13.9 Å². The number of nitrogens with one attached hydrogen (secondary N) is 1. The molecule has 2 amide bonds. The molecule has 0 aliphatic rings. The molecule has 0 saturated carbocycles. The summed E-state index contributed by atoms with van der Waals surface area (Å²) in [5.74, 6) is -0.423. The van der Waals surface area contributed by atoms with Crippen LogP contribution in [0.1, 0.15) is 50.7 Å². The molecule has 0 fully saturated rings. The number of carbonyl (C=O) groups is 2. The van der Waals surface area contributed by atoms with Crippen molar-refractivity contribution in [1.82, 2.24) is 10.2 Å². The average molecular weight is 522 g/mol. The Morgan fingerprint density at radius 2 is 1.80 bits per heavy atom. The molecule has 0 bridgehead atoms. The zero-order chi connectivity index (χ0) is 26.0. The highest BCUT2D eigenvalue weighted by molar-refractivity contribution is 7.92. The standard InChI is InChI=1S/C26H36ClN3O4S/c1-5-16-28-26(32)24(6-2)29(19-21-12-7-8-14-23(21)27)25(31)15-10-17-30(35(4,33)34)22-13-9-11-20(3)18-22/h7-9,11-14,18,24H,5-6,10,15-17,19H2,1-4H3,(H,28,32). The summed E-state index contributed by atoms with van der Waals surface area (Å²) in [5, 5.41) is 3.41. The van der Waals surface area contributed by atoms with Crippen LogP contribution < -0.4 is 9.62 Å². The average Bonchev–Trinajstić information content (AvgIpc) is 2.80. The van der Waals surface area contributed by atoms with E-state index in [9.17, 15) is 18.0 Å². The van der Waals surface area contributed by atoms with Gasteiger partial charge in [0.2, 0.25) is 21.8 Å². The normalized spacial score (nSPS) is 12.1. The molecule has 192 valence electrons. The number of halogens is 1. The quantitative estimate of drug-likeness (QED) is 0.419. The molecule has 9 heteroatoms. The van der Waals surface area contributed by atoms with E-state index in [4.69, 9.17) is 11.6 Å². The maximum absolute atomic E-state index is 13.4. The number of aryl methyl sites for hydroxylation is 1. The van der Waals surface area contributed by atoms with E-state index in [1.165, 1.54) is 4.31 Å². The first-order valence-electron chi connectivity index (χ1n) is 11.9. The molecule has 0 saturated heterocycles. The molecular formula is C26H36ClN3O4S. The largest absolute Gasteiger partial charge is 0.354 e. The zero-order valence-corrected chi connectivity index (χ0v) is 22.5. The van der Waals surface area contributed by atoms with Crippen molar-refractivity contribution in [2.24, 2.45) is 0 Å². The predicted octanol–water partition coefficient (Wildman–Crippen LogP) is 4.53. The first-order chi connectivity index (χ1) is 16.6. The lowest BCUT2D eigenvalue weighted by Gasteiger charge is -2.31. The van der Waals surface area contributed by atoms with Crippen molar-refractivity contribution in [3.63, 3.8) is 0 Å². The fourth-order valence-electron chi connectivity index (χ4n) is 3.88. The molecule has 0 spiro atoms. The van der Waals surface area contributed by atoms with Crippen molar-refractivity contribution in [1.29, 1.82) is 0 Å². The third kappa shape index (κ3) is 8.54. The highest BCUT2D eigenvalue weighted by Gasteiger charge is 2.29. The second-order valence-electron chi connectivity index (χ2n) is 8.61. The van der Waals surface area contributed by atoms with Gasteiger partial charge in [-0.15, -0.1) is 0 Å². The van der Waals surface area contributed by atoms with E-state index in [0.29, 0.717) is 30.1 Å². The number of carbonyl (C=O) groups excluding carboxylic acids is 2. The van der Waals surface area contributed by atoms with Gasteiger partial charge in [0, 0.05) is 31.1 Å². The number of nitrogens with zero attached hydrogens (tertiary/aromatic N) is 2. The Labute approximate surface area is 214 Å². The fourth-order valence-corrected chi connectivity index (χ4v) is 5.04. The SMILES string of the molecule is CCCNC(=O)C(CC)N(Cc1ccccc1Cl)C(=O)CCCN(c1cccc(C)c1)S(C)(=O)=O. The van der Waals surface area contributed by atoms with Gasteiger partial charge >= 0.3 is 0 Å². The van der Waals surface area contributed by atoms with E-state index < -0.39 is 16.1 Å². The Bertz CT molecular complexity index is 1110. The molecule has 0 aliphatic carbocycles. The topological polar surface area (TPSA) is 86.8 Å². The van der Waals surface area contributed by atoms with Crippen molar-refractivity contribution in [2.45, 2.75) is 59.0 Å². The minimum atomic E-state index is -3.52. The second kappa shape index (κ2) is 13.5. The molecule has 2 aromatic carbocycles. The first kappa shape index (κ1) is 28.7. The van der Waals surface area contributed by atoms with Gasteiger partial charge in [0.25, 0.3) is 0 Å². The molecule has 0 heterocycles. The third-order valence-electron chi connectivity index (χ3n) is 5.68. The summed E-state index contributed by atoms with van der Waals surface area (Å²) >= 11 is 6.35. The van der Waals surface area contributed by atoms with E-state index in [-0.39, 0.29) is 31.3 Å². The van der Waals surface area contributed by atoms with Crippen molar-refractivity contribution < 1.29 is 18.0 Å². The summed E-state index contributed by atoms with van der Waals surface area (Å²) in [6.45, 7) is 6.62. The molecular weight excluding hydrogens is 486 g/mol. The fraction of sp³-hybridized carbons (Fsp3) is 0.462. The Hall–Kier alpha value is -2.58. The van der Waals surface area contributed by atoms with Crippen LogP contribution in [0.15, 0.2) is 48.5 Å². The number of anilines is 1. The van der Waals surface area contributed by atoms with Gasteiger partial charge in [-0.05, 0) is 55.5 Å². The van der Waals surface area contributed by atoms with Gasteiger partial charge in [-0.2, -0.15) is 0 Å². The number of amides is 2. The summed E-state index contributed by atoms with van der Waals surface area (Å²) in [6, 6.07) is 13.8. The maximum Gasteiger partial charge on any atom is 0.242 e. The minimum Gasteiger partial charge on any atom is -0.354 e. The van der Waals surface area contributed by atoms with E-state index in [0.717, 1.165) is 23.8 Å². The van der Waals surface area contributed by atoms with Crippen LogP contribution in [-0.4, -0.2) is 50.5 Å². The number of hydrogen-bond donors (Lipinski definition) is 1. The van der Waals surface area contributed by atoms with Gasteiger partial charge in [0.1, 0.15) is 6.04 Å². The number of sulfonamides is 1. The second-order valence-corrected chi connectivity index (χ2v) is 10.9. The summed E-state index contributed by atoms with van der Waals surface area (Å²) in [7, 11) is -3.52. The van der Waals surface area contributed by atoms with Crippen LogP contribution in [0.2, 0.25) is 5.02 Å². The minimum absolute atomic E-state index is 0.0971. The number of rotatable bonds is 13. The Morgan fingerprint density at radius 3 is 2.40 bits per heavy atom. The Morgan fingerprint density at radius 1 is 1.09 bits per heavy atom. The van der Waals surface area contributed by atoms with Gasteiger partial charge in [-0.25, -0.2) is 8.42 Å². The van der Waals surface area contributed by atoms with Crippen molar-refractivity contribution in [3.05, 3.63) is 64.7 Å². The van der Waals surface area contributed by atoms with Crippen LogP contribution >= 0.6 is 11.6 Å². The first-order valence-corrected chi connectivity index (χ1v) is 14.2. The predicted molar refractivity (Wildman–Crippen MR) is 142 cm³/mol. The summed E-state index contributed by atoms with van der Waals surface area (Å²) in [5.41, 5.74) is 2.27. The lowest BCUT2D eigenvalue weighted by Crippen LogP contribution is -2.49. The van der Waals surface area contributed by atoms with E-state index in [2.05, 4.69) is 5.32 Å². The van der Waals surface area contributed by atoms with Crippen molar-refractivity contribution in [2.75, 3.05) is 23.7 Å². The molecule has 1 unspecified atom stereocenters. The Kier molecular flexibility index (Phi) is 11.0. The highest BCUT2D eigenvalue weighted by atomic mass is 35.5. The molecule has 1 atom stereocenters. The Balaban J connectivity index is 2.21. The molecule has 2 aromatic rings. The molecule has 35 heavy (non-hydrogen) atoms. The van der Waals surface area contributed by atoms with Crippen molar-refractivity contribution >= 4 is 39.1 Å². The molecule has 0 radical (unpaired) electrons. The van der Waals surface area contributed by atoms with Crippen LogP contribution in [0.25, 0.3) is 0 Å². The number of hydrogen-bond acceptors (Lipinski definition) is 4. The summed E-state index contributed by atoms with van der Waals surface area (Å²) in [4.78, 5) is 27.8. The summed E-state index contributed by atoms with van der Waals surface area (Å²) < 4.78 is 26.2. The van der Waals surface area contributed by atoms with Crippen LogP contribution in [0.3, 0.4) is 0 Å². The van der Waals surface area contributed by atoms with Crippen LogP contribution in [0, 0.1) is 6.92 Å². The van der Waals surface area contributed by atoms with Gasteiger partial charge in [-0.1, -0.05) is 55.8 Å². The summed E-state index contributed by atoms with van der Waals surface area (Å²) in [6.07, 6.45) is 2.81. The van der Waals surface area contributed by atoms with Crippen LogP contribution in [-0.2, 0) is 26.2 Å². The van der Waals surface area contributed by atoms with Gasteiger partial charge in [0.05, 0.1) is 11.9 Å². The molecule has 0 aromatic heterocycles. The van der Waals surface area contributed by atoms with E-state index >= 15 is 0 Å². The van der Waals surface area contributed by atoms with Gasteiger partial charge in [0.15, 0.2) is 0 Å². The van der Waals surface area contributed by atoms with Crippen molar-refractivity contribution in [3.8, 4) is 0 Å². The highest BCUT2D eigenvalue weighted by Crippen LogP contribution is 2.22. The van der Waals surface area contributed by atoms with Gasteiger partial charge < -0.3 is 10.2 Å². The number of benzene rings is 2. The van der Waals surface area contributed by atoms with E-state index in [1.54, 1.807) is 29.2 Å². The van der Waals surface area contributed by atoms with Crippen LogP contribution in [0.4, 0.5) is 5.69 Å². The molecule has 0 aliphatic heterocycles. The van der Waals surface area contributed by atoms with Crippen LogP contribution in [0.5, 0.6) is 0 Å². The zero-order valence-electron chi connectivity index (χ0n) is 21.0. The lowest BCUT2D eigenvalue weighted by molar-refractivity contribution is -0.141. The molecule has 2 rings (SSSR count). The van der Waals surface area contributed by atoms with E-state index in [1.807, 2.05) is 45.0 Å². The smallest absolute Gasteiger partial charge is 0.242 e. The molecule has 7 nitrogen and oxygen atoms in total. The maximum atomic E-state index is 13.4. The molecule has 1 N–H and O–H groups in total. The lowest BCUT2D eigenvalue weighted by atomic mass is 10.1. The third-order valence-corrected chi connectivity index (χ3v) is 7.24. The monoisotopic (exact) mass is 521 g/mol.